The molecule has 1 fully saturated rings. The first-order chi connectivity index (χ1) is 9.49. The molecule has 5 nitrogen and oxygen atoms in total. The quantitative estimate of drug-likeness (QED) is 0.919. The fourth-order valence-corrected chi connectivity index (χ4v) is 2.83. The molecule has 0 aliphatic carbocycles. The van der Waals surface area contributed by atoms with Crippen LogP contribution in [0.5, 0.6) is 0 Å². The highest BCUT2D eigenvalue weighted by atomic mass is 16.1. The standard InChI is InChI=1S/C15H26N4O/c1-11(2)10-18-9-8-16-14(15(18)20)17-19-12(3)6-5-7-13(19)4/h8-9,11-13H,5-7,10H2,1-4H3,(H,16,17). The maximum atomic E-state index is 12.4. The Balaban J connectivity index is 2.18. The molecule has 1 aliphatic heterocycles. The van der Waals surface area contributed by atoms with Crippen LogP contribution in [0.2, 0.25) is 0 Å². The van der Waals surface area contributed by atoms with Crippen molar-refractivity contribution >= 4 is 5.82 Å². The fraction of sp³-hybridized carbons (Fsp3) is 0.733. The van der Waals surface area contributed by atoms with Crippen molar-refractivity contribution in [2.45, 2.75) is 65.6 Å². The summed E-state index contributed by atoms with van der Waals surface area (Å²) in [7, 11) is 0. The summed E-state index contributed by atoms with van der Waals surface area (Å²) in [6.45, 7) is 9.32. The molecule has 1 saturated heterocycles. The molecule has 1 aromatic rings. The Labute approximate surface area is 121 Å². The molecule has 2 unspecified atom stereocenters. The molecule has 0 spiro atoms. The molecule has 0 saturated carbocycles. The molecule has 2 heterocycles. The predicted molar refractivity (Wildman–Crippen MR) is 81.6 cm³/mol. The highest BCUT2D eigenvalue weighted by Gasteiger charge is 2.25. The van der Waals surface area contributed by atoms with Crippen LogP contribution in [0, 0.1) is 5.92 Å². The fourth-order valence-electron chi connectivity index (χ4n) is 2.83. The van der Waals surface area contributed by atoms with Crippen LogP contribution in [-0.2, 0) is 6.54 Å². The van der Waals surface area contributed by atoms with Crippen LogP contribution in [0.4, 0.5) is 5.82 Å². The molecule has 112 valence electrons. The van der Waals surface area contributed by atoms with E-state index >= 15 is 0 Å². The van der Waals surface area contributed by atoms with Crippen molar-refractivity contribution in [3.05, 3.63) is 22.7 Å². The van der Waals surface area contributed by atoms with Gasteiger partial charge in [0.05, 0.1) is 0 Å². The van der Waals surface area contributed by atoms with Gasteiger partial charge in [0, 0.05) is 31.0 Å². The van der Waals surface area contributed by atoms with Crippen LogP contribution in [0.3, 0.4) is 0 Å². The van der Waals surface area contributed by atoms with Gasteiger partial charge in [-0.15, -0.1) is 0 Å². The van der Waals surface area contributed by atoms with Gasteiger partial charge >= 0.3 is 0 Å². The smallest absolute Gasteiger partial charge is 0.294 e. The van der Waals surface area contributed by atoms with Gasteiger partial charge in [-0.3, -0.25) is 10.2 Å². The van der Waals surface area contributed by atoms with E-state index in [1.54, 1.807) is 17.0 Å². The minimum absolute atomic E-state index is 0.0360. The lowest BCUT2D eigenvalue weighted by Crippen LogP contribution is -2.48. The highest BCUT2D eigenvalue weighted by Crippen LogP contribution is 2.21. The minimum Gasteiger partial charge on any atom is -0.311 e. The molecule has 1 N–H and O–H groups in total. The maximum Gasteiger partial charge on any atom is 0.294 e. The number of hydrogen-bond donors (Lipinski definition) is 1. The van der Waals surface area contributed by atoms with Crippen molar-refractivity contribution in [2.75, 3.05) is 5.43 Å². The Morgan fingerprint density at radius 1 is 1.35 bits per heavy atom. The van der Waals surface area contributed by atoms with E-state index in [0.29, 0.717) is 23.8 Å². The Morgan fingerprint density at radius 3 is 2.60 bits per heavy atom. The average Bonchev–Trinajstić information content (AvgIpc) is 2.37. The van der Waals surface area contributed by atoms with Crippen molar-refractivity contribution in [3.8, 4) is 0 Å². The maximum absolute atomic E-state index is 12.4. The molecule has 2 rings (SSSR count). The van der Waals surface area contributed by atoms with Crippen molar-refractivity contribution in [3.63, 3.8) is 0 Å². The third-order valence-electron chi connectivity index (χ3n) is 3.90. The molecule has 1 aromatic heterocycles. The van der Waals surface area contributed by atoms with Gasteiger partial charge in [-0.1, -0.05) is 20.3 Å². The van der Waals surface area contributed by atoms with E-state index < -0.39 is 0 Å². The number of nitrogens with one attached hydrogen (secondary N) is 1. The van der Waals surface area contributed by atoms with E-state index in [1.807, 2.05) is 0 Å². The monoisotopic (exact) mass is 278 g/mol. The topological polar surface area (TPSA) is 50.2 Å². The lowest BCUT2D eigenvalue weighted by Gasteiger charge is -2.38. The third kappa shape index (κ3) is 3.39. The van der Waals surface area contributed by atoms with Gasteiger partial charge < -0.3 is 4.57 Å². The lowest BCUT2D eigenvalue weighted by molar-refractivity contribution is 0.134. The third-order valence-corrected chi connectivity index (χ3v) is 3.90. The van der Waals surface area contributed by atoms with Crippen molar-refractivity contribution in [1.82, 2.24) is 14.6 Å². The van der Waals surface area contributed by atoms with E-state index in [1.165, 1.54) is 6.42 Å². The number of aromatic nitrogens is 2. The Bertz CT molecular complexity index is 487. The molecular formula is C15H26N4O. The summed E-state index contributed by atoms with van der Waals surface area (Å²) in [5, 5.41) is 2.17. The Morgan fingerprint density at radius 2 is 2.00 bits per heavy atom. The van der Waals surface area contributed by atoms with Crippen molar-refractivity contribution in [1.29, 1.82) is 0 Å². The van der Waals surface area contributed by atoms with Crippen molar-refractivity contribution < 1.29 is 0 Å². The molecule has 0 bridgehead atoms. The van der Waals surface area contributed by atoms with Crippen LogP contribution >= 0.6 is 0 Å². The highest BCUT2D eigenvalue weighted by molar-refractivity contribution is 5.29. The van der Waals surface area contributed by atoms with Crippen molar-refractivity contribution in [2.24, 2.45) is 5.92 Å². The Kier molecular flexibility index (Phi) is 4.81. The zero-order valence-corrected chi connectivity index (χ0v) is 13.0. The zero-order chi connectivity index (χ0) is 14.7. The van der Waals surface area contributed by atoms with Crippen LogP contribution in [0.15, 0.2) is 17.2 Å². The number of hydrogen-bond acceptors (Lipinski definition) is 4. The average molecular weight is 278 g/mol. The molecule has 0 amide bonds. The predicted octanol–water partition coefficient (Wildman–Crippen LogP) is 2.49. The summed E-state index contributed by atoms with van der Waals surface area (Å²) < 4.78 is 1.74. The molecule has 5 heteroatoms. The van der Waals surface area contributed by atoms with Gasteiger partial charge in [0.2, 0.25) is 5.82 Å². The summed E-state index contributed by atoms with van der Waals surface area (Å²) in [5.41, 5.74) is 3.22. The normalized spacial score (nSPS) is 24.1. The second kappa shape index (κ2) is 6.39. The molecular weight excluding hydrogens is 252 g/mol. The van der Waals surface area contributed by atoms with Crippen LogP contribution < -0.4 is 11.0 Å². The second-order valence-corrected chi connectivity index (χ2v) is 6.28. The number of rotatable bonds is 4. The molecule has 2 atom stereocenters. The summed E-state index contributed by atoms with van der Waals surface area (Å²) in [6.07, 6.45) is 7.02. The zero-order valence-electron chi connectivity index (χ0n) is 13.0. The minimum atomic E-state index is -0.0360. The largest absolute Gasteiger partial charge is 0.311 e. The van der Waals surface area contributed by atoms with Gasteiger partial charge in [0.15, 0.2) is 0 Å². The first-order valence-corrected chi connectivity index (χ1v) is 7.59. The molecule has 20 heavy (non-hydrogen) atoms. The molecule has 0 radical (unpaired) electrons. The van der Waals surface area contributed by atoms with Gasteiger partial charge in [-0.05, 0) is 32.6 Å². The SMILES string of the molecule is CC(C)Cn1ccnc(NN2C(C)CCCC2C)c1=O. The van der Waals surface area contributed by atoms with E-state index in [-0.39, 0.29) is 5.56 Å². The Hall–Kier alpha value is -1.36. The first kappa shape index (κ1) is 15.0. The summed E-state index contributed by atoms with van der Waals surface area (Å²) in [4.78, 5) is 16.6. The van der Waals surface area contributed by atoms with Crippen LogP contribution in [-0.4, -0.2) is 26.6 Å². The number of piperidine rings is 1. The summed E-state index contributed by atoms with van der Waals surface area (Å²) in [5.74, 6) is 0.879. The van der Waals surface area contributed by atoms with Crippen LogP contribution in [0.25, 0.3) is 0 Å². The van der Waals surface area contributed by atoms with Gasteiger partial charge in [-0.25, -0.2) is 9.99 Å². The summed E-state index contributed by atoms with van der Waals surface area (Å²) in [6, 6.07) is 0.859. The second-order valence-electron chi connectivity index (χ2n) is 6.28. The first-order valence-electron chi connectivity index (χ1n) is 7.59. The summed E-state index contributed by atoms with van der Waals surface area (Å²) >= 11 is 0. The van der Waals surface area contributed by atoms with Gasteiger partial charge in [-0.2, -0.15) is 0 Å². The van der Waals surface area contributed by atoms with E-state index in [9.17, 15) is 4.79 Å². The number of nitrogens with zero attached hydrogens (tertiary/aromatic N) is 3. The van der Waals surface area contributed by atoms with E-state index in [0.717, 1.165) is 19.4 Å². The molecule has 1 aliphatic rings. The lowest BCUT2D eigenvalue weighted by atomic mass is 10.00. The van der Waals surface area contributed by atoms with Crippen LogP contribution in [0.1, 0.15) is 47.0 Å². The van der Waals surface area contributed by atoms with Gasteiger partial charge in [0.25, 0.3) is 5.56 Å². The number of hydrazine groups is 1. The van der Waals surface area contributed by atoms with E-state index in [4.69, 9.17) is 0 Å². The number of anilines is 1. The van der Waals surface area contributed by atoms with E-state index in [2.05, 4.69) is 43.1 Å². The van der Waals surface area contributed by atoms with Gasteiger partial charge in [0.1, 0.15) is 0 Å². The molecule has 0 aromatic carbocycles.